The van der Waals surface area contributed by atoms with Crippen molar-refractivity contribution in [3.63, 3.8) is 0 Å². The molecule has 2 aromatic rings. The van der Waals surface area contributed by atoms with Crippen molar-refractivity contribution in [1.82, 2.24) is 4.98 Å². The minimum atomic E-state index is -4.78. The van der Waals surface area contributed by atoms with Crippen LogP contribution in [0.1, 0.15) is 28.8 Å². The maximum Gasteiger partial charge on any atom is 0.573 e. The average Bonchev–Trinajstić information content (AvgIpc) is 3.26. The SMILES string of the molecule is CN=C/C(=C\N)c1cc(C(=O)Nc2ccc(OC(F)(F)F)cc2)cnc1N1CCCC1. The second kappa shape index (κ2) is 9.50. The summed E-state index contributed by atoms with van der Waals surface area (Å²) in [4.78, 5) is 23.4. The number of anilines is 2. The standard InChI is InChI=1S/C21H22F3N5O2/c1-26-12-15(11-25)18-10-14(13-27-19(18)29-8-2-3-9-29)20(30)28-16-4-6-17(7-5-16)31-21(22,23)24/h4-7,10-13H,2-3,8-9,25H2,1H3,(H,28,30)/b15-11+,26-12?. The molecule has 2 heterocycles. The minimum absolute atomic E-state index is 0.275. The first kappa shape index (κ1) is 22.1. The van der Waals surface area contributed by atoms with Crippen LogP contribution in [-0.2, 0) is 0 Å². The Balaban J connectivity index is 1.84. The summed E-state index contributed by atoms with van der Waals surface area (Å²) in [5.74, 6) is -0.115. The van der Waals surface area contributed by atoms with E-state index in [1.165, 1.54) is 24.5 Å². The number of halogens is 3. The van der Waals surface area contributed by atoms with Crippen LogP contribution < -0.4 is 20.7 Å². The number of alkyl halides is 3. The minimum Gasteiger partial charge on any atom is -0.406 e. The molecule has 3 rings (SSSR count). The normalized spacial score (nSPS) is 14.8. The number of aliphatic imine (C=N–C) groups is 1. The predicted molar refractivity (Wildman–Crippen MR) is 113 cm³/mol. The van der Waals surface area contributed by atoms with Crippen molar-refractivity contribution >= 4 is 29.2 Å². The van der Waals surface area contributed by atoms with Gasteiger partial charge in [0.1, 0.15) is 11.6 Å². The lowest BCUT2D eigenvalue weighted by Crippen LogP contribution is -2.22. The fourth-order valence-electron chi connectivity index (χ4n) is 3.26. The van der Waals surface area contributed by atoms with E-state index in [9.17, 15) is 18.0 Å². The maximum absolute atomic E-state index is 12.7. The first-order valence-electron chi connectivity index (χ1n) is 9.57. The topological polar surface area (TPSA) is 92.8 Å². The Hall–Kier alpha value is -3.56. The van der Waals surface area contributed by atoms with Crippen LogP contribution in [0.5, 0.6) is 5.75 Å². The fourth-order valence-corrected chi connectivity index (χ4v) is 3.26. The summed E-state index contributed by atoms with van der Waals surface area (Å²) in [5, 5.41) is 2.64. The molecular weight excluding hydrogens is 411 g/mol. The van der Waals surface area contributed by atoms with E-state index in [0.29, 0.717) is 16.8 Å². The van der Waals surface area contributed by atoms with E-state index in [-0.39, 0.29) is 11.3 Å². The molecule has 3 N–H and O–H groups in total. The van der Waals surface area contributed by atoms with Gasteiger partial charge in [0.25, 0.3) is 5.91 Å². The van der Waals surface area contributed by atoms with Gasteiger partial charge in [-0.05, 0) is 43.2 Å². The number of allylic oxidation sites excluding steroid dienone is 1. The van der Waals surface area contributed by atoms with Crippen molar-refractivity contribution in [2.24, 2.45) is 10.7 Å². The van der Waals surface area contributed by atoms with E-state index in [1.807, 2.05) is 0 Å². The van der Waals surface area contributed by atoms with Gasteiger partial charge in [-0.3, -0.25) is 9.79 Å². The third-order valence-corrected chi connectivity index (χ3v) is 4.64. The number of nitrogens with one attached hydrogen (secondary N) is 1. The molecule has 1 aromatic heterocycles. The molecule has 7 nitrogen and oxygen atoms in total. The Labute approximate surface area is 177 Å². The van der Waals surface area contributed by atoms with Gasteiger partial charge in [-0.15, -0.1) is 13.2 Å². The van der Waals surface area contributed by atoms with Crippen LogP contribution in [0.4, 0.5) is 24.7 Å². The lowest BCUT2D eigenvalue weighted by atomic mass is 10.1. The number of rotatable bonds is 6. The lowest BCUT2D eigenvalue weighted by molar-refractivity contribution is -0.274. The number of benzene rings is 1. The second-order valence-electron chi connectivity index (χ2n) is 6.82. The van der Waals surface area contributed by atoms with Crippen molar-refractivity contribution in [3.8, 4) is 5.75 Å². The monoisotopic (exact) mass is 433 g/mol. The second-order valence-corrected chi connectivity index (χ2v) is 6.82. The molecule has 1 aliphatic heterocycles. The smallest absolute Gasteiger partial charge is 0.406 e. The molecule has 1 amide bonds. The number of hydrogen-bond acceptors (Lipinski definition) is 6. The molecular formula is C21H22F3N5O2. The number of nitrogens with two attached hydrogens (primary N) is 1. The highest BCUT2D eigenvalue weighted by molar-refractivity contribution is 6.13. The molecule has 0 unspecified atom stereocenters. The van der Waals surface area contributed by atoms with Gasteiger partial charge < -0.3 is 20.7 Å². The number of pyridine rings is 1. The molecule has 1 fully saturated rings. The predicted octanol–water partition coefficient (Wildman–Crippen LogP) is 3.83. The fraction of sp³-hybridized carbons (Fsp3) is 0.286. The van der Waals surface area contributed by atoms with Crippen molar-refractivity contribution in [3.05, 3.63) is 53.9 Å². The van der Waals surface area contributed by atoms with E-state index in [4.69, 9.17) is 5.73 Å². The molecule has 10 heteroatoms. The van der Waals surface area contributed by atoms with Gasteiger partial charge in [0.2, 0.25) is 0 Å². The maximum atomic E-state index is 12.7. The summed E-state index contributed by atoms with van der Waals surface area (Å²) in [7, 11) is 1.62. The van der Waals surface area contributed by atoms with Crippen LogP contribution in [0.2, 0.25) is 0 Å². The van der Waals surface area contributed by atoms with Crippen molar-refractivity contribution in [1.29, 1.82) is 0 Å². The summed E-state index contributed by atoms with van der Waals surface area (Å²) >= 11 is 0. The van der Waals surface area contributed by atoms with Crippen LogP contribution in [0.25, 0.3) is 5.57 Å². The molecule has 1 saturated heterocycles. The van der Waals surface area contributed by atoms with E-state index in [0.717, 1.165) is 43.9 Å². The Morgan fingerprint density at radius 3 is 2.52 bits per heavy atom. The van der Waals surface area contributed by atoms with Crippen LogP contribution in [0.15, 0.2) is 47.7 Å². The molecule has 31 heavy (non-hydrogen) atoms. The van der Waals surface area contributed by atoms with E-state index in [1.54, 1.807) is 19.3 Å². The Morgan fingerprint density at radius 1 is 1.26 bits per heavy atom. The Kier molecular flexibility index (Phi) is 6.78. The molecule has 1 aromatic carbocycles. The number of amides is 1. The zero-order valence-corrected chi connectivity index (χ0v) is 16.8. The quantitative estimate of drug-likeness (QED) is 0.676. The molecule has 0 radical (unpaired) electrons. The van der Waals surface area contributed by atoms with Gasteiger partial charge in [0.15, 0.2) is 0 Å². The highest BCUT2D eigenvalue weighted by Gasteiger charge is 2.31. The molecule has 0 bridgehead atoms. The highest BCUT2D eigenvalue weighted by atomic mass is 19.4. The lowest BCUT2D eigenvalue weighted by Gasteiger charge is -2.21. The molecule has 1 aliphatic rings. The van der Waals surface area contributed by atoms with Crippen molar-refractivity contribution in [2.45, 2.75) is 19.2 Å². The van der Waals surface area contributed by atoms with Crippen LogP contribution in [-0.4, -0.2) is 43.6 Å². The largest absolute Gasteiger partial charge is 0.573 e. The number of hydrogen-bond donors (Lipinski definition) is 2. The number of nitrogens with zero attached hydrogens (tertiary/aromatic N) is 3. The third kappa shape index (κ3) is 5.74. The average molecular weight is 433 g/mol. The van der Waals surface area contributed by atoms with Crippen LogP contribution in [0, 0.1) is 0 Å². The molecule has 0 aliphatic carbocycles. The first-order chi connectivity index (χ1) is 14.8. The van der Waals surface area contributed by atoms with E-state index < -0.39 is 12.3 Å². The van der Waals surface area contributed by atoms with Crippen LogP contribution in [0.3, 0.4) is 0 Å². The zero-order chi connectivity index (χ0) is 22.4. The van der Waals surface area contributed by atoms with Crippen LogP contribution >= 0.6 is 0 Å². The van der Waals surface area contributed by atoms with Gasteiger partial charge in [0.05, 0.1) is 5.56 Å². The summed E-state index contributed by atoms with van der Waals surface area (Å²) in [5.41, 5.74) is 7.67. The molecule has 0 saturated carbocycles. The Bertz CT molecular complexity index is 981. The summed E-state index contributed by atoms with van der Waals surface area (Å²) < 4.78 is 40.7. The van der Waals surface area contributed by atoms with Gasteiger partial charge in [0, 0.05) is 55.6 Å². The van der Waals surface area contributed by atoms with E-state index in [2.05, 4.69) is 24.9 Å². The summed E-state index contributed by atoms with van der Waals surface area (Å²) in [6.45, 7) is 1.72. The summed E-state index contributed by atoms with van der Waals surface area (Å²) in [6, 6.07) is 6.56. The number of carbonyl (C=O) groups is 1. The molecule has 0 atom stereocenters. The van der Waals surface area contributed by atoms with Gasteiger partial charge >= 0.3 is 6.36 Å². The van der Waals surface area contributed by atoms with Gasteiger partial charge in [-0.25, -0.2) is 4.98 Å². The van der Waals surface area contributed by atoms with E-state index >= 15 is 0 Å². The van der Waals surface area contributed by atoms with Crippen molar-refractivity contribution in [2.75, 3.05) is 30.4 Å². The van der Waals surface area contributed by atoms with Gasteiger partial charge in [-0.2, -0.15) is 0 Å². The zero-order valence-electron chi connectivity index (χ0n) is 16.8. The first-order valence-corrected chi connectivity index (χ1v) is 9.57. The highest BCUT2D eigenvalue weighted by Crippen LogP contribution is 2.28. The number of carbonyl (C=O) groups excluding carboxylic acids is 1. The molecule has 164 valence electrons. The van der Waals surface area contributed by atoms with Crippen molar-refractivity contribution < 1.29 is 22.7 Å². The summed E-state index contributed by atoms with van der Waals surface area (Å²) in [6.07, 6.45) is 1.80. The Morgan fingerprint density at radius 2 is 1.94 bits per heavy atom. The van der Waals surface area contributed by atoms with Gasteiger partial charge in [-0.1, -0.05) is 0 Å². The molecule has 0 spiro atoms. The third-order valence-electron chi connectivity index (χ3n) is 4.64. The number of aromatic nitrogens is 1. The number of ether oxygens (including phenoxy) is 1.